The van der Waals surface area contributed by atoms with Crippen LogP contribution in [0.3, 0.4) is 0 Å². The number of hydrogen-bond donors (Lipinski definition) is 3. The van der Waals surface area contributed by atoms with E-state index in [0.29, 0.717) is 23.1 Å². The predicted molar refractivity (Wildman–Crippen MR) is 69.4 cm³/mol. The maximum Gasteiger partial charge on any atom is 0.267 e. The van der Waals surface area contributed by atoms with E-state index >= 15 is 0 Å². The monoisotopic (exact) mass is 258 g/mol. The van der Waals surface area contributed by atoms with E-state index in [2.05, 4.69) is 10.3 Å². The maximum absolute atomic E-state index is 12.1. The van der Waals surface area contributed by atoms with Crippen molar-refractivity contribution >= 4 is 28.2 Å². The van der Waals surface area contributed by atoms with E-state index in [-0.39, 0.29) is 18.3 Å². The van der Waals surface area contributed by atoms with Crippen molar-refractivity contribution in [1.82, 2.24) is 9.88 Å². The molecule has 4 N–H and O–H groups in total. The maximum atomic E-state index is 12.1. The van der Waals surface area contributed by atoms with E-state index in [4.69, 9.17) is 10.8 Å². The number of nitrogen functional groups attached to an aromatic ring is 1. The van der Waals surface area contributed by atoms with E-state index in [9.17, 15) is 4.79 Å². The van der Waals surface area contributed by atoms with Crippen molar-refractivity contribution in [3.63, 3.8) is 0 Å². The summed E-state index contributed by atoms with van der Waals surface area (Å²) < 4.78 is 0. The van der Waals surface area contributed by atoms with Crippen molar-refractivity contribution in [3.8, 4) is 0 Å². The molecule has 0 saturated carbocycles. The second-order valence-electron chi connectivity index (χ2n) is 3.37. The Bertz CT molecular complexity index is 380. The normalized spacial score (nSPS) is 10.3. The summed E-state index contributed by atoms with van der Waals surface area (Å²) in [6.07, 6.45) is 0. The lowest BCUT2D eigenvalue weighted by molar-refractivity contribution is 0.0737. The first-order valence-electron chi connectivity index (χ1n) is 5.54. The Morgan fingerprint density at radius 2 is 2.29 bits per heavy atom. The van der Waals surface area contributed by atoms with Gasteiger partial charge in [0.15, 0.2) is 5.13 Å². The number of thiazole rings is 1. The number of amides is 1. The van der Waals surface area contributed by atoms with Crippen molar-refractivity contribution in [2.24, 2.45) is 0 Å². The number of anilines is 2. The highest BCUT2D eigenvalue weighted by atomic mass is 32.1. The molecule has 1 aromatic rings. The molecule has 0 bridgehead atoms. The third-order valence-corrected chi connectivity index (χ3v) is 3.23. The SMILES string of the molecule is CCNc1nc(N)c(C(=O)N(CC)CCO)s1. The minimum absolute atomic E-state index is 0.0572. The van der Waals surface area contributed by atoms with Gasteiger partial charge < -0.3 is 21.1 Å². The number of aliphatic hydroxyl groups is 1. The van der Waals surface area contributed by atoms with Crippen molar-refractivity contribution in [2.45, 2.75) is 13.8 Å². The second-order valence-corrected chi connectivity index (χ2v) is 4.37. The lowest BCUT2D eigenvalue weighted by Crippen LogP contribution is -2.33. The molecule has 96 valence electrons. The highest BCUT2D eigenvalue weighted by molar-refractivity contribution is 7.18. The summed E-state index contributed by atoms with van der Waals surface area (Å²) in [6, 6.07) is 0. The smallest absolute Gasteiger partial charge is 0.267 e. The predicted octanol–water partition coefficient (Wildman–Crippen LogP) is 0.611. The fourth-order valence-electron chi connectivity index (χ4n) is 1.38. The summed E-state index contributed by atoms with van der Waals surface area (Å²) in [7, 11) is 0. The second kappa shape index (κ2) is 6.41. The zero-order valence-electron chi connectivity index (χ0n) is 10.1. The zero-order chi connectivity index (χ0) is 12.8. The van der Waals surface area contributed by atoms with Crippen molar-refractivity contribution in [3.05, 3.63) is 4.88 Å². The summed E-state index contributed by atoms with van der Waals surface area (Å²) in [5.41, 5.74) is 5.71. The number of aromatic nitrogens is 1. The topological polar surface area (TPSA) is 91.5 Å². The third-order valence-electron chi connectivity index (χ3n) is 2.21. The van der Waals surface area contributed by atoms with Crippen LogP contribution < -0.4 is 11.1 Å². The molecule has 0 aliphatic rings. The molecule has 0 unspecified atom stereocenters. The van der Waals surface area contributed by atoms with Crippen molar-refractivity contribution < 1.29 is 9.90 Å². The van der Waals surface area contributed by atoms with Crippen LogP contribution in [0, 0.1) is 0 Å². The summed E-state index contributed by atoms with van der Waals surface area (Å²) in [6.45, 7) is 5.32. The van der Waals surface area contributed by atoms with Crippen LogP contribution in [0.5, 0.6) is 0 Å². The van der Waals surface area contributed by atoms with E-state index in [1.807, 2.05) is 13.8 Å². The molecular formula is C10H18N4O2S. The molecular weight excluding hydrogens is 240 g/mol. The van der Waals surface area contributed by atoms with Crippen LogP contribution in [-0.2, 0) is 0 Å². The van der Waals surface area contributed by atoms with E-state index in [0.717, 1.165) is 6.54 Å². The fraction of sp³-hybridized carbons (Fsp3) is 0.600. The first-order valence-corrected chi connectivity index (χ1v) is 6.35. The number of aliphatic hydroxyl groups excluding tert-OH is 1. The van der Waals surface area contributed by atoms with Gasteiger partial charge in [0.25, 0.3) is 5.91 Å². The van der Waals surface area contributed by atoms with Gasteiger partial charge in [0.1, 0.15) is 10.7 Å². The Labute approximate surface area is 104 Å². The Morgan fingerprint density at radius 1 is 1.59 bits per heavy atom. The Balaban J connectivity index is 2.86. The summed E-state index contributed by atoms with van der Waals surface area (Å²) in [5.74, 6) is 0.0630. The Morgan fingerprint density at radius 3 is 2.82 bits per heavy atom. The highest BCUT2D eigenvalue weighted by Gasteiger charge is 2.20. The van der Waals surface area contributed by atoms with E-state index in [1.165, 1.54) is 11.3 Å². The molecule has 1 amide bonds. The van der Waals surface area contributed by atoms with Gasteiger partial charge in [-0.2, -0.15) is 0 Å². The van der Waals surface area contributed by atoms with Crippen LogP contribution in [0.4, 0.5) is 10.9 Å². The Kier molecular flexibility index (Phi) is 5.17. The summed E-state index contributed by atoms with van der Waals surface area (Å²) in [5, 5.41) is 12.5. The molecule has 6 nitrogen and oxygen atoms in total. The first kappa shape index (κ1) is 13.7. The molecule has 1 rings (SSSR count). The van der Waals surface area contributed by atoms with Crippen LogP contribution in [0.15, 0.2) is 0 Å². The molecule has 0 aromatic carbocycles. The largest absolute Gasteiger partial charge is 0.395 e. The minimum atomic E-state index is -0.180. The lowest BCUT2D eigenvalue weighted by atomic mass is 10.4. The van der Waals surface area contributed by atoms with Gasteiger partial charge in [-0.15, -0.1) is 0 Å². The van der Waals surface area contributed by atoms with Crippen LogP contribution >= 0.6 is 11.3 Å². The highest BCUT2D eigenvalue weighted by Crippen LogP contribution is 2.26. The number of rotatable bonds is 6. The van der Waals surface area contributed by atoms with Gasteiger partial charge in [-0.25, -0.2) is 4.98 Å². The number of carbonyl (C=O) groups excluding carboxylic acids is 1. The van der Waals surface area contributed by atoms with Gasteiger partial charge in [-0.1, -0.05) is 11.3 Å². The van der Waals surface area contributed by atoms with Crippen LogP contribution in [0.25, 0.3) is 0 Å². The van der Waals surface area contributed by atoms with Gasteiger partial charge in [0.05, 0.1) is 6.61 Å². The summed E-state index contributed by atoms with van der Waals surface area (Å²) in [4.78, 5) is 18.1. The fourth-order valence-corrected chi connectivity index (χ4v) is 2.30. The van der Waals surface area contributed by atoms with Gasteiger partial charge >= 0.3 is 0 Å². The summed E-state index contributed by atoms with van der Waals surface area (Å²) >= 11 is 1.24. The molecule has 0 saturated heterocycles. The molecule has 1 aromatic heterocycles. The van der Waals surface area contributed by atoms with Gasteiger partial charge in [0, 0.05) is 19.6 Å². The first-order chi connectivity index (χ1) is 8.13. The standard InChI is InChI=1S/C10H18N4O2S/c1-3-12-10-13-8(11)7(17-10)9(16)14(4-2)5-6-15/h15H,3-6,11H2,1-2H3,(H,12,13). The number of nitrogens with zero attached hydrogens (tertiary/aromatic N) is 2. The molecule has 7 heteroatoms. The molecule has 1 heterocycles. The van der Waals surface area contributed by atoms with Crippen molar-refractivity contribution in [1.29, 1.82) is 0 Å². The van der Waals surface area contributed by atoms with Gasteiger partial charge in [-0.3, -0.25) is 4.79 Å². The van der Waals surface area contributed by atoms with Gasteiger partial charge in [0.2, 0.25) is 0 Å². The zero-order valence-corrected chi connectivity index (χ0v) is 10.9. The van der Waals surface area contributed by atoms with Crippen LogP contribution in [0.2, 0.25) is 0 Å². The van der Waals surface area contributed by atoms with Crippen LogP contribution in [0.1, 0.15) is 23.5 Å². The molecule has 0 radical (unpaired) electrons. The average molecular weight is 258 g/mol. The molecule has 0 atom stereocenters. The number of nitrogens with one attached hydrogen (secondary N) is 1. The number of carbonyl (C=O) groups is 1. The minimum Gasteiger partial charge on any atom is -0.395 e. The van der Waals surface area contributed by atoms with E-state index in [1.54, 1.807) is 4.90 Å². The average Bonchev–Trinajstić information content (AvgIpc) is 2.67. The van der Waals surface area contributed by atoms with Gasteiger partial charge in [-0.05, 0) is 13.8 Å². The van der Waals surface area contributed by atoms with Crippen molar-refractivity contribution in [2.75, 3.05) is 37.3 Å². The number of hydrogen-bond acceptors (Lipinski definition) is 6. The van der Waals surface area contributed by atoms with E-state index < -0.39 is 0 Å². The number of likely N-dealkylation sites (N-methyl/N-ethyl adjacent to an activating group) is 1. The molecule has 0 aliphatic carbocycles. The van der Waals surface area contributed by atoms with Crippen LogP contribution in [-0.4, -0.2) is 47.1 Å². The molecule has 17 heavy (non-hydrogen) atoms. The number of nitrogens with two attached hydrogens (primary N) is 1. The molecule has 0 spiro atoms. The Hall–Kier alpha value is -1.34. The molecule has 0 fully saturated rings. The molecule has 0 aliphatic heterocycles. The quantitative estimate of drug-likeness (QED) is 0.695. The lowest BCUT2D eigenvalue weighted by Gasteiger charge is -2.18. The third kappa shape index (κ3) is 3.31.